The van der Waals surface area contributed by atoms with Crippen molar-refractivity contribution in [2.75, 3.05) is 11.9 Å². The van der Waals surface area contributed by atoms with Crippen LogP contribution in [0, 0.1) is 11.2 Å². The zero-order valence-corrected chi connectivity index (χ0v) is 16.4. The maximum Gasteiger partial charge on any atom is 0.245 e. The second-order valence-corrected chi connectivity index (χ2v) is 7.55. The van der Waals surface area contributed by atoms with Crippen LogP contribution < -0.4 is 15.8 Å². The topological polar surface area (TPSA) is 86.5 Å². The number of hydrogen-bond donors (Lipinski definition) is 2. The maximum atomic E-state index is 14.4. The molecule has 3 N–H and O–H groups in total. The summed E-state index contributed by atoms with van der Waals surface area (Å²) in [7, 11) is 0. The van der Waals surface area contributed by atoms with E-state index in [1.165, 1.54) is 12.1 Å². The lowest BCUT2D eigenvalue weighted by Gasteiger charge is -2.57. The first-order chi connectivity index (χ1) is 13.3. The SMILES string of the molecule is CCOC1CC(N)(C(=O)Nc2ccc(OCc3ccccn3)c(F)c2)C1(C)C. The predicted molar refractivity (Wildman–Crippen MR) is 104 cm³/mol. The molecular weight excluding hydrogens is 361 g/mol. The number of amides is 1. The van der Waals surface area contributed by atoms with Crippen LogP contribution in [0.3, 0.4) is 0 Å². The summed E-state index contributed by atoms with van der Waals surface area (Å²) in [5, 5.41) is 2.72. The number of nitrogens with one attached hydrogen (secondary N) is 1. The third-order valence-corrected chi connectivity index (χ3v) is 5.53. The third-order valence-electron chi connectivity index (χ3n) is 5.53. The molecule has 2 unspecified atom stereocenters. The summed E-state index contributed by atoms with van der Waals surface area (Å²) in [6, 6.07) is 9.71. The molecule has 1 saturated carbocycles. The molecule has 1 aromatic carbocycles. The van der Waals surface area contributed by atoms with Gasteiger partial charge >= 0.3 is 0 Å². The number of halogens is 1. The normalized spacial score (nSPS) is 23.0. The van der Waals surface area contributed by atoms with E-state index in [0.717, 1.165) is 0 Å². The number of carbonyl (C=O) groups excluding carboxylic acids is 1. The number of ether oxygens (including phenoxy) is 2. The highest BCUT2D eigenvalue weighted by Crippen LogP contribution is 2.50. The van der Waals surface area contributed by atoms with Crippen molar-refractivity contribution in [3.8, 4) is 5.75 Å². The van der Waals surface area contributed by atoms with Crippen molar-refractivity contribution >= 4 is 11.6 Å². The number of benzene rings is 1. The smallest absolute Gasteiger partial charge is 0.245 e. The monoisotopic (exact) mass is 387 g/mol. The summed E-state index contributed by atoms with van der Waals surface area (Å²) in [6.07, 6.45) is 1.99. The van der Waals surface area contributed by atoms with Gasteiger partial charge in [0.15, 0.2) is 11.6 Å². The van der Waals surface area contributed by atoms with Crippen LogP contribution in [-0.4, -0.2) is 29.1 Å². The van der Waals surface area contributed by atoms with E-state index in [2.05, 4.69) is 10.3 Å². The van der Waals surface area contributed by atoms with Gasteiger partial charge in [-0.1, -0.05) is 19.9 Å². The Kier molecular flexibility index (Phi) is 5.67. The lowest BCUT2D eigenvalue weighted by atomic mass is 9.54. The van der Waals surface area contributed by atoms with Crippen LogP contribution in [-0.2, 0) is 16.1 Å². The Morgan fingerprint density at radius 1 is 1.36 bits per heavy atom. The van der Waals surface area contributed by atoms with Gasteiger partial charge in [-0.15, -0.1) is 0 Å². The minimum absolute atomic E-state index is 0.0765. The van der Waals surface area contributed by atoms with E-state index in [-0.39, 0.29) is 24.4 Å². The number of nitrogens with two attached hydrogens (primary N) is 1. The lowest BCUT2D eigenvalue weighted by Crippen LogP contribution is -2.74. The molecule has 7 heteroatoms. The Morgan fingerprint density at radius 2 is 2.14 bits per heavy atom. The van der Waals surface area contributed by atoms with Gasteiger partial charge in [0.05, 0.1) is 11.8 Å². The van der Waals surface area contributed by atoms with Gasteiger partial charge in [0.1, 0.15) is 12.1 Å². The Hall–Kier alpha value is -2.51. The number of pyridine rings is 1. The van der Waals surface area contributed by atoms with Gasteiger partial charge in [0.25, 0.3) is 0 Å². The molecular formula is C21H26FN3O3. The van der Waals surface area contributed by atoms with E-state index in [0.29, 0.717) is 24.4 Å². The molecule has 2 aromatic rings. The van der Waals surface area contributed by atoms with Crippen molar-refractivity contribution in [1.82, 2.24) is 4.98 Å². The Morgan fingerprint density at radius 3 is 2.75 bits per heavy atom. The van der Waals surface area contributed by atoms with Gasteiger partial charge in [0, 0.05) is 36.4 Å². The molecule has 0 bridgehead atoms. The van der Waals surface area contributed by atoms with Crippen molar-refractivity contribution in [3.05, 3.63) is 54.1 Å². The second-order valence-electron chi connectivity index (χ2n) is 7.55. The summed E-state index contributed by atoms with van der Waals surface area (Å²) in [6.45, 7) is 6.45. The summed E-state index contributed by atoms with van der Waals surface area (Å²) in [5.41, 5.74) is 5.79. The molecule has 6 nitrogen and oxygen atoms in total. The molecule has 1 fully saturated rings. The van der Waals surface area contributed by atoms with E-state index in [4.69, 9.17) is 15.2 Å². The Balaban J connectivity index is 1.63. The van der Waals surface area contributed by atoms with Crippen molar-refractivity contribution in [2.24, 2.45) is 11.1 Å². The van der Waals surface area contributed by atoms with Crippen LogP contribution in [0.4, 0.5) is 10.1 Å². The average molecular weight is 387 g/mol. The zero-order valence-electron chi connectivity index (χ0n) is 16.4. The standard InChI is InChI=1S/C21H26FN3O3/c1-4-27-18-12-21(23,20(18,2)3)19(26)25-14-8-9-17(16(22)11-14)28-13-15-7-5-6-10-24-15/h5-11,18H,4,12-13,23H2,1-3H3,(H,25,26). The van der Waals surface area contributed by atoms with Crippen molar-refractivity contribution in [2.45, 2.75) is 45.4 Å². The van der Waals surface area contributed by atoms with E-state index >= 15 is 0 Å². The van der Waals surface area contributed by atoms with Crippen LogP contribution in [0.5, 0.6) is 5.75 Å². The summed E-state index contributed by atoms with van der Waals surface area (Å²) in [5.74, 6) is -0.832. The van der Waals surface area contributed by atoms with E-state index in [1.807, 2.05) is 26.8 Å². The fourth-order valence-electron chi connectivity index (χ4n) is 3.39. The van der Waals surface area contributed by atoms with Crippen LogP contribution >= 0.6 is 0 Å². The molecule has 1 aromatic heterocycles. The molecule has 150 valence electrons. The number of hydrogen-bond acceptors (Lipinski definition) is 5. The second kappa shape index (κ2) is 7.85. The summed E-state index contributed by atoms with van der Waals surface area (Å²) in [4.78, 5) is 16.9. The highest BCUT2D eigenvalue weighted by atomic mass is 19.1. The van der Waals surface area contributed by atoms with Crippen molar-refractivity contribution in [1.29, 1.82) is 0 Å². The predicted octanol–water partition coefficient (Wildman–Crippen LogP) is 3.27. The lowest BCUT2D eigenvalue weighted by molar-refractivity contribution is -0.166. The molecule has 2 atom stereocenters. The molecule has 0 radical (unpaired) electrons. The average Bonchev–Trinajstić information content (AvgIpc) is 2.67. The van der Waals surface area contributed by atoms with Gasteiger partial charge in [-0.2, -0.15) is 0 Å². The fraction of sp³-hybridized carbons (Fsp3) is 0.429. The molecule has 1 aliphatic rings. The van der Waals surface area contributed by atoms with Crippen LogP contribution in [0.2, 0.25) is 0 Å². The van der Waals surface area contributed by atoms with Crippen molar-refractivity contribution in [3.63, 3.8) is 0 Å². The molecule has 0 aliphatic heterocycles. The summed E-state index contributed by atoms with van der Waals surface area (Å²) < 4.78 is 25.5. The number of rotatable bonds is 7. The Labute approximate surface area is 164 Å². The third kappa shape index (κ3) is 3.72. The molecule has 0 saturated heterocycles. The largest absolute Gasteiger partial charge is 0.484 e. The minimum Gasteiger partial charge on any atom is -0.484 e. The van der Waals surface area contributed by atoms with Crippen LogP contribution in [0.1, 0.15) is 32.9 Å². The van der Waals surface area contributed by atoms with Crippen LogP contribution in [0.25, 0.3) is 0 Å². The van der Waals surface area contributed by atoms with E-state index in [1.54, 1.807) is 24.4 Å². The summed E-state index contributed by atoms with van der Waals surface area (Å²) >= 11 is 0. The first kappa shape index (κ1) is 20.2. The first-order valence-corrected chi connectivity index (χ1v) is 9.32. The number of carbonyl (C=O) groups is 1. The molecule has 0 spiro atoms. The quantitative estimate of drug-likeness (QED) is 0.761. The van der Waals surface area contributed by atoms with E-state index < -0.39 is 16.8 Å². The highest BCUT2D eigenvalue weighted by Gasteiger charge is 2.62. The number of anilines is 1. The van der Waals surface area contributed by atoms with Gasteiger partial charge in [0.2, 0.25) is 5.91 Å². The molecule has 1 heterocycles. The highest BCUT2D eigenvalue weighted by molar-refractivity contribution is 5.99. The first-order valence-electron chi connectivity index (χ1n) is 9.32. The minimum atomic E-state index is -1.07. The van der Waals surface area contributed by atoms with Gasteiger partial charge in [-0.25, -0.2) is 4.39 Å². The maximum absolute atomic E-state index is 14.4. The zero-order chi connectivity index (χ0) is 20.4. The van der Waals surface area contributed by atoms with Gasteiger partial charge in [-0.05, 0) is 31.2 Å². The molecule has 1 aliphatic carbocycles. The molecule has 3 rings (SSSR count). The van der Waals surface area contributed by atoms with Gasteiger partial charge in [-0.3, -0.25) is 9.78 Å². The molecule has 28 heavy (non-hydrogen) atoms. The number of nitrogens with zero attached hydrogens (tertiary/aromatic N) is 1. The van der Waals surface area contributed by atoms with E-state index in [9.17, 15) is 9.18 Å². The van der Waals surface area contributed by atoms with Crippen LogP contribution in [0.15, 0.2) is 42.6 Å². The van der Waals surface area contributed by atoms with Gasteiger partial charge < -0.3 is 20.5 Å². The molecule has 1 amide bonds. The fourth-order valence-corrected chi connectivity index (χ4v) is 3.39. The number of aromatic nitrogens is 1. The van der Waals surface area contributed by atoms with Crippen molar-refractivity contribution < 1.29 is 18.7 Å². The Bertz CT molecular complexity index is 844.